The molecule has 1 atom stereocenters. The van der Waals surface area contributed by atoms with Gasteiger partial charge in [-0.3, -0.25) is 14.5 Å². The number of likely N-dealkylation sites (tertiary alicyclic amines) is 1. The standard InChI is InChI=1S/C17H31N3O2/c1-2-20-12-6-5-9-15(20)13-18-16(21)10-11-17(22)19-14-7-3-4-8-14/h14-15H,2-13H2,1H3,(H,18,21)(H,19,22)/t15-/m1/s1. The van der Waals surface area contributed by atoms with Gasteiger partial charge in [0.1, 0.15) is 0 Å². The Balaban J connectivity index is 1.59. The van der Waals surface area contributed by atoms with Gasteiger partial charge in [-0.05, 0) is 38.8 Å². The fourth-order valence-corrected chi connectivity index (χ4v) is 3.62. The van der Waals surface area contributed by atoms with Crippen LogP contribution >= 0.6 is 0 Å². The molecule has 0 aromatic heterocycles. The highest BCUT2D eigenvalue weighted by molar-refractivity contribution is 5.83. The molecule has 0 aromatic carbocycles. The van der Waals surface area contributed by atoms with Crippen LogP contribution in [0.5, 0.6) is 0 Å². The van der Waals surface area contributed by atoms with Crippen LogP contribution in [-0.4, -0.2) is 48.4 Å². The van der Waals surface area contributed by atoms with E-state index in [2.05, 4.69) is 22.5 Å². The topological polar surface area (TPSA) is 61.4 Å². The fourth-order valence-electron chi connectivity index (χ4n) is 3.62. The number of nitrogens with one attached hydrogen (secondary N) is 2. The highest BCUT2D eigenvalue weighted by Gasteiger charge is 2.21. The van der Waals surface area contributed by atoms with Gasteiger partial charge in [0.05, 0.1) is 0 Å². The molecule has 2 aliphatic rings. The maximum absolute atomic E-state index is 11.9. The molecule has 1 saturated heterocycles. The lowest BCUT2D eigenvalue weighted by Gasteiger charge is -2.34. The summed E-state index contributed by atoms with van der Waals surface area (Å²) in [5.74, 6) is 0.0260. The predicted molar refractivity (Wildman–Crippen MR) is 87.5 cm³/mol. The summed E-state index contributed by atoms with van der Waals surface area (Å²) in [6.45, 7) is 5.08. The van der Waals surface area contributed by atoms with E-state index in [1.807, 2.05) is 0 Å². The van der Waals surface area contributed by atoms with Crippen molar-refractivity contribution in [3.05, 3.63) is 0 Å². The molecule has 1 aliphatic carbocycles. The smallest absolute Gasteiger partial charge is 0.220 e. The van der Waals surface area contributed by atoms with E-state index in [1.54, 1.807) is 0 Å². The first-order valence-electron chi connectivity index (χ1n) is 8.99. The number of carbonyl (C=O) groups excluding carboxylic acids is 2. The van der Waals surface area contributed by atoms with E-state index in [0.29, 0.717) is 24.9 Å². The van der Waals surface area contributed by atoms with E-state index in [9.17, 15) is 9.59 Å². The molecule has 2 rings (SSSR count). The molecule has 2 N–H and O–H groups in total. The van der Waals surface area contributed by atoms with Crippen LogP contribution < -0.4 is 10.6 Å². The monoisotopic (exact) mass is 309 g/mol. The van der Waals surface area contributed by atoms with Crippen LogP contribution in [-0.2, 0) is 9.59 Å². The Hall–Kier alpha value is -1.10. The maximum Gasteiger partial charge on any atom is 0.220 e. The molecule has 5 heteroatoms. The van der Waals surface area contributed by atoms with E-state index in [0.717, 1.165) is 38.9 Å². The van der Waals surface area contributed by atoms with Gasteiger partial charge in [0.15, 0.2) is 0 Å². The second-order valence-corrected chi connectivity index (χ2v) is 6.63. The molecule has 1 heterocycles. The number of carbonyl (C=O) groups is 2. The van der Waals surface area contributed by atoms with Gasteiger partial charge in [-0.1, -0.05) is 26.2 Å². The quantitative estimate of drug-likeness (QED) is 0.754. The van der Waals surface area contributed by atoms with Crippen LogP contribution in [0.4, 0.5) is 0 Å². The molecule has 0 bridgehead atoms. The van der Waals surface area contributed by atoms with Gasteiger partial charge < -0.3 is 10.6 Å². The van der Waals surface area contributed by atoms with Crippen molar-refractivity contribution in [3.63, 3.8) is 0 Å². The van der Waals surface area contributed by atoms with Gasteiger partial charge in [-0.25, -0.2) is 0 Å². The summed E-state index contributed by atoms with van der Waals surface area (Å²) >= 11 is 0. The van der Waals surface area contributed by atoms with Crippen LogP contribution in [0.3, 0.4) is 0 Å². The molecule has 0 radical (unpaired) electrons. The van der Waals surface area contributed by atoms with Crippen molar-refractivity contribution in [2.75, 3.05) is 19.6 Å². The molecule has 0 spiro atoms. The van der Waals surface area contributed by atoms with E-state index in [4.69, 9.17) is 0 Å². The van der Waals surface area contributed by atoms with E-state index >= 15 is 0 Å². The Morgan fingerprint density at radius 3 is 2.41 bits per heavy atom. The minimum absolute atomic E-state index is 0.00296. The van der Waals surface area contributed by atoms with Crippen LogP contribution in [0.2, 0.25) is 0 Å². The van der Waals surface area contributed by atoms with Gasteiger partial charge in [0, 0.05) is 31.5 Å². The van der Waals surface area contributed by atoms with E-state index in [1.165, 1.54) is 25.7 Å². The van der Waals surface area contributed by atoms with Gasteiger partial charge in [0.25, 0.3) is 0 Å². The number of nitrogens with zero attached hydrogens (tertiary/aromatic N) is 1. The first-order valence-corrected chi connectivity index (χ1v) is 8.99. The molecule has 22 heavy (non-hydrogen) atoms. The summed E-state index contributed by atoms with van der Waals surface area (Å²) in [6.07, 6.45) is 8.89. The Morgan fingerprint density at radius 2 is 1.68 bits per heavy atom. The number of piperidine rings is 1. The van der Waals surface area contributed by atoms with Crippen molar-refractivity contribution in [2.45, 2.75) is 76.8 Å². The first kappa shape index (κ1) is 17.3. The van der Waals surface area contributed by atoms with Crippen LogP contribution in [0.1, 0.15) is 64.7 Å². The third-order valence-corrected chi connectivity index (χ3v) is 4.99. The first-order chi connectivity index (χ1) is 10.7. The lowest BCUT2D eigenvalue weighted by molar-refractivity contribution is -0.127. The Kier molecular flexibility index (Phi) is 7.16. The van der Waals surface area contributed by atoms with Crippen molar-refractivity contribution in [2.24, 2.45) is 0 Å². The Bertz CT molecular complexity index is 367. The molecule has 126 valence electrons. The molecule has 1 aliphatic heterocycles. The minimum Gasteiger partial charge on any atom is -0.355 e. The van der Waals surface area contributed by atoms with E-state index in [-0.39, 0.29) is 11.8 Å². The average Bonchev–Trinajstić information content (AvgIpc) is 3.04. The van der Waals surface area contributed by atoms with Gasteiger partial charge in [0.2, 0.25) is 11.8 Å². The van der Waals surface area contributed by atoms with Crippen molar-refractivity contribution in [1.29, 1.82) is 0 Å². The summed E-state index contributed by atoms with van der Waals surface area (Å²) in [7, 11) is 0. The number of amides is 2. The molecular weight excluding hydrogens is 278 g/mol. The minimum atomic E-state index is 0.00296. The second kappa shape index (κ2) is 9.13. The van der Waals surface area contributed by atoms with E-state index < -0.39 is 0 Å². The van der Waals surface area contributed by atoms with Gasteiger partial charge in [-0.15, -0.1) is 0 Å². The predicted octanol–water partition coefficient (Wildman–Crippen LogP) is 1.82. The largest absolute Gasteiger partial charge is 0.355 e. The summed E-state index contributed by atoms with van der Waals surface area (Å²) < 4.78 is 0. The van der Waals surface area contributed by atoms with Crippen LogP contribution in [0.15, 0.2) is 0 Å². The van der Waals surface area contributed by atoms with Crippen molar-refractivity contribution in [3.8, 4) is 0 Å². The number of rotatable bonds is 7. The van der Waals surface area contributed by atoms with Crippen LogP contribution in [0.25, 0.3) is 0 Å². The second-order valence-electron chi connectivity index (χ2n) is 6.63. The SMILES string of the molecule is CCN1CCCC[C@@H]1CNC(=O)CCC(=O)NC1CCCC1. The molecule has 2 amide bonds. The zero-order chi connectivity index (χ0) is 15.8. The maximum atomic E-state index is 11.9. The molecule has 0 aromatic rings. The summed E-state index contributed by atoms with van der Waals surface area (Å²) in [5.41, 5.74) is 0. The van der Waals surface area contributed by atoms with Crippen molar-refractivity contribution in [1.82, 2.24) is 15.5 Å². The molecule has 5 nitrogen and oxygen atoms in total. The van der Waals surface area contributed by atoms with Crippen LogP contribution in [0, 0.1) is 0 Å². The van der Waals surface area contributed by atoms with Crippen molar-refractivity contribution < 1.29 is 9.59 Å². The summed E-state index contributed by atoms with van der Waals surface area (Å²) in [6, 6.07) is 0.811. The molecular formula is C17H31N3O2. The zero-order valence-corrected chi connectivity index (χ0v) is 13.9. The molecule has 0 unspecified atom stereocenters. The van der Waals surface area contributed by atoms with Gasteiger partial charge >= 0.3 is 0 Å². The number of hydrogen-bond donors (Lipinski definition) is 2. The Labute approximate surface area is 134 Å². The summed E-state index contributed by atoms with van der Waals surface area (Å²) in [4.78, 5) is 26.2. The number of hydrogen-bond acceptors (Lipinski definition) is 3. The molecule has 1 saturated carbocycles. The number of likely N-dealkylation sites (N-methyl/N-ethyl adjacent to an activating group) is 1. The lowest BCUT2D eigenvalue weighted by Crippen LogP contribution is -2.46. The van der Waals surface area contributed by atoms with Crippen molar-refractivity contribution >= 4 is 11.8 Å². The average molecular weight is 309 g/mol. The zero-order valence-electron chi connectivity index (χ0n) is 13.9. The molecule has 2 fully saturated rings. The fraction of sp³-hybridized carbons (Fsp3) is 0.882. The third kappa shape index (κ3) is 5.59. The Morgan fingerprint density at radius 1 is 1.00 bits per heavy atom. The normalized spacial score (nSPS) is 23.4. The lowest BCUT2D eigenvalue weighted by atomic mass is 10.0. The summed E-state index contributed by atoms with van der Waals surface area (Å²) in [5, 5.41) is 6.03. The highest BCUT2D eigenvalue weighted by Crippen LogP contribution is 2.18. The van der Waals surface area contributed by atoms with Gasteiger partial charge in [-0.2, -0.15) is 0 Å². The third-order valence-electron chi connectivity index (χ3n) is 4.99. The highest BCUT2D eigenvalue weighted by atomic mass is 16.2.